The van der Waals surface area contributed by atoms with E-state index in [2.05, 4.69) is 10.6 Å². The molecule has 2 heterocycles. The lowest BCUT2D eigenvalue weighted by atomic mass is 10.0. The first-order valence-corrected chi connectivity index (χ1v) is 7.80. The number of hydrogen-bond donors (Lipinski definition) is 2. The number of methoxy groups -OCH3 is 1. The molecular formula is C15H15ClN2O2S. The van der Waals surface area contributed by atoms with E-state index in [1.54, 1.807) is 18.4 Å². The van der Waals surface area contributed by atoms with Crippen LogP contribution < -0.4 is 15.4 Å². The summed E-state index contributed by atoms with van der Waals surface area (Å²) in [6.45, 7) is 0. The summed E-state index contributed by atoms with van der Waals surface area (Å²) in [7, 11) is 3.55. The van der Waals surface area contributed by atoms with Gasteiger partial charge in [0.05, 0.1) is 19.6 Å². The van der Waals surface area contributed by atoms with Crippen LogP contribution in [0.3, 0.4) is 0 Å². The van der Waals surface area contributed by atoms with Crippen LogP contribution in [0.15, 0.2) is 23.6 Å². The van der Waals surface area contributed by atoms with E-state index >= 15 is 0 Å². The number of halogens is 1. The molecule has 1 aromatic heterocycles. The highest BCUT2D eigenvalue weighted by Gasteiger charge is 2.24. The Balaban J connectivity index is 2.01. The Morgan fingerprint density at radius 2 is 2.24 bits per heavy atom. The number of rotatable bonds is 4. The van der Waals surface area contributed by atoms with Crippen molar-refractivity contribution in [2.75, 3.05) is 19.5 Å². The van der Waals surface area contributed by atoms with Gasteiger partial charge in [-0.15, -0.1) is 11.3 Å². The molecule has 110 valence electrons. The van der Waals surface area contributed by atoms with Gasteiger partial charge in [0, 0.05) is 21.0 Å². The number of carbonyl (C=O) groups is 1. The van der Waals surface area contributed by atoms with Crippen LogP contribution in [0.25, 0.3) is 0 Å². The molecule has 0 bridgehead atoms. The summed E-state index contributed by atoms with van der Waals surface area (Å²) in [5, 5.41) is 8.70. The van der Waals surface area contributed by atoms with Gasteiger partial charge in [-0.05, 0) is 36.4 Å². The maximum Gasteiger partial charge on any atom is 0.228 e. The van der Waals surface area contributed by atoms with Gasteiger partial charge >= 0.3 is 0 Å². The average Bonchev–Trinajstić information content (AvgIpc) is 3.05. The lowest BCUT2D eigenvalue weighted by Crippen LogP contribution is -2.17. The Labute approximate surface area is 132 Å². The fraction of sp³-hybridized carbons (Fsp3) is 0.267. The van der Waals surface area contributed by atoms with Gasteiger partial charge in [-0.2, -0.15) is 0 Å². The molecule has 1 aliphatic heterocycles. The van der Waals surface area contributed by atoms with Crippen LogP contribution in [0.1, 0.15) is 22.0 Å². The Hall–Kier alpha value is -1.56. The second-order valence-electron chi connectivity index (χ2n) is 4.87. The largest absolute Gasteiger partial charge is 0.496 e. The van der Waals surface area contributed by atoms with Crippen LogP contribution in [0, 0.1) is 0 Å². The van der Waals surface area contributed by atoms with E-state index in [1.807, 2.05) is 30.6 Å². The molecule has 1 aromatic carbocycles. The third kappa shape index (κ3) is 2.64. The minimum Gasteiger partial charge on any atom is -0.496 e. The lowest BCUT2D eigenvalue weighted by Gasteiger charge is -2.17. The highest BCUT2D eigenvalue weighted by Crippen LogP contribution is 2.37. The highest BCUT2D eigenvalue weighted by atomic mass is 35.5. The van der Waals surface area contributed by atoms with Gasteiger partial charge in [-0.3, -0.25) is 4.79 Å². The zero-order valence-corrected chi connectivity index (χ0v) is 13.3. The molecule has 1 amide bonds. The fourth-order valence-electron chi connectivity index (χ4n) is 2.53. The van der Waals surface area contributed by atoms with E-state index in [9.17, 15) is 4.79 Å². The van der Waals surface area contributed by atoms with Gasteiger partial charge in [-0.1, -0.05) is 11.6 Å². The second kappa shape index (κ2) is 5.67. The number of benzene rings is 1. The van der Waals surface area contributed by atoms with Crippen molar-refractivity contribution in [2.24, 2.45) is 0 Å². The van der Waals surface area contributed by atoms with Crippen molar-refractivity contribution in [1.29, 1.82) is 0 Å². The highest BCUT2D eigenvalue weighted by molar-refractivity contribution is 7.10. The molecule has 0 spiro atoms. The van der Waals surface area contributed by atoms with Crippen LogP contribution >= 0.6 is 22.9 Å². The first-order valence-electron chi connectivity index (χ1n) is 6.54. The van der Waals surface area contributed by atoms with Crippen LogP contribution in [0.5, 0.6) is 5.75 Å². The van der Waals surface area contributed by atoms with Crippen LogP contribution in [-0.2, 0) is 11.2 Å². The molecule has 2 aromatic rings. The van der Waals surface area contributed by atoms with Crippen molar-refractivity contribution >= 4 is 34.5 Å². The summed E-state index contributed by atoms with van der Waals surface area (Å²) in [4.78, 5) is 12.6. The zero-order valence-electron chi connectivity index (χ0n) is 11.7. The van der Waals surface area contributed by atoms with Gasteiger partial charge in [0.2, 0.25) is 5.91 Å². The molecular weight excluding hydrogens is 308 g/mol. The summed E-state index contributed by atoms with van der Waals surface area (Å²) in [6.07, 6.45) is 0.406. The van der Waals surface area contributed by atoms with Gasteiger partial charge in [0.15, 0.2) is 0 Å². The quantitative estimate of drug-likeness (QED) is 0.908. The predicted octanol–water partition coefficient (Wildman–Crippen LogP) is 3.21. The lowest BCUT2D eigenvalue weighted by molar-refractivity contribution is -0.115. The molecule has 0 fully saturated rings. The Bertz CT molecular complexity index is 699. The Kier molecular flexibility index (Phi) is 3.89. The molecule has 1 atom stereocenters. The summed E-state index contributed by atoms with van der Waals surface area (Å²) in [5.41, 5.74) is 2.77. The normalized spacial score (nSPS) is 14.7. The van der Waals surface area contributed by atoms with Gasteiger partial charge in [0.1, 0.15) is 5.75 Å². The first kappa shape index (κ1) is 14.4. The van der Waals surface area contributed by atoms with Crippen molar-refractivity contribution in [3.8, 4) is 5.75 Å². The predicted molar refractivity (Wildman–Crippen MR) is 85.6 cm³/mol. The molecule has 2 N–H and O–H groups in total. The Morgan fingerprint density at radius 1 is 1.43 bits per heavy atom. The molecule has 3 rings (SSSR count). The minimum atomic E-state index is -0.0209. The van der Waals surface area contributed by atoms with Gasteiger partial charge in [-0.25, -0.2) is 0 Å². The maximum absolute atomic E-state index is 11.5. The number of thiophene rings is 1. The fourth-order valence-corrected chi connectivity index (χ4v) is 3.79. The van der Waals surface area contributed by atoms with Gasteiger partial charge < -0.3 is 15.4 Å². The summed E-state index contributed by atoms with van der Waals surface area (Å²) in [5.74, 6) is 0.849. The third-order valence-corrected chi connectivity index (χ3v) is 4.87. The number of amides is 1. The molecule has 0 radical (unpaired) electrons. The van der Waals surface area contributed by atoms with Crippen molar-refractivity contribution in [2.45, 2.75) is 12.5 Å². The molecule has 0 aliphatic carbocycles. The van der Waals surface area contributed by atoms with Crippen molar-refractivity contribution in [3.63, 3.8) is 0 Å². The maximum atomic E-state index is 11.5. The average molecular weight is 323 g/mol. The molecule has 21 heavy (non-hydrogen) atoms. The first-order chi connectivity index (χ1) is 10.1. The zero-order chi connectivity index (χ0) is 15.0. The third-order valence-electron chi connectivity index (χ3n) is 3.56. The number of fused-ring (bicyclic) bond motifs is 1. The van der Waals surface area contributed by atoms with E-state index in [0.717, 1.165) is 27.4 Å². The summed E-state index contributed by atoms with van der Waals surface area (Å²) in [6, 6.07) is 5.81. The van der Waals surface area contributed by atoms with E-state index < -0.39 is 0 Å². The van der Waals surface area contributed by atoms with E-state index in [1.165, 1.54) is 0 Å². The SMILES string of the molecule is CNC(c1cc(OC)cs1)c1cc2c(cc1Cl)NC(=O)C2. The van der Waals surface area contributed by atoms with Crippen molar-refractivity contribution < 1.29 is 9.53 Å². The topological polar surface area (TPSA) is 50.4 Å². The van der Waals surface area contributed by atoms with Crippen molar-refractivity contribution in [1.82, 2.24) is 5.32 Å². The Morgan fingerprint density at radius 3 is 2.90 bits per heavy atom. The summed E-state index contributed by atoms with van der Waals surface area (Å²) < 4.78 is 5.24. The van der Waals surface area contributed by atoms with Crippen LogP contribution in [0.2, 0.25) is 5.02 Å². The molecule has 6 heteroatoms. The van der Waals surface area contributed by atoms with E-state index in [4.69, 9.17) is 16.3 Å². The smallest absolute Gasteiger partial charge is 0.228 e. The van der Waals surface area contributed by atoms with Crippen LogP contribution in [-0.4, -0.2) is 20.1 Å². The number of anilines is 1. The molecule has 0 saturated heterocycles. The van der Waals surface area contributed by atoms with Crippen LogP contribution in [0.4, 0.5) is 5.69 Å². The number of carbonyl (C=O) groups excluding carboxylic acids is 1. The number of ether oxygens (including phenoxy) is 1. The van der Waals surface area contributed by atoms with E-state index in [0.29, 0.717) is 11.4 Å². The molecule has 4 nitrogen and oxygen atoms in total. The van der Waals surface area contributed by atoms with E-state index in [-0.39, 0.29) is 11.9 Å². The molecule has 1 aliphatic rings. The summed E-state index contributed by atoms with van der Waals surface area (Å²) >= 11 is 8.02. The van der Waals surface area contributed by atoms with Crippen molar-refractivity contribution in [3.05, 3.63) is 44.6 Å². The monoisotopic (exact) mass is 322 g/mol. The number of nitrogens with one attached hydrogen (secondary N) is 2. The molecule has 0 saturated carbocycles. The second-order valence-corrected chi connectivity index (χ2v) is 6.22. The number of hydrogen-bond acceptors (Lipinski definition) is 4. The standard InChI is InChI=1S/C15H15ClN2O2S/c1-17-15(13-5-9(20-2)7-21-13)10-3-8-4-14(19)18-12(8)6-11(10)16/h3,5-7,15,17H,4H2,1-2H3,(H,18,19). The minimum absolute atomic E-state index is 0.0111. The molecule has 1 unspecified atom stereocenters. The van der Waals surface area contributed by atoms with Gasteiger partial charge in [0.25, 0.3) is 0 Å².